The normalized spacial score (nSPS) is 10.2. The number of anilines is 1. The highest BCUT2D eigenvalue weighted by Gasteiger charge is 2.18. The van der Waals surface area contributed by atoms with E-state index in [1.165, 1.54) is 25.6 Å². The summed E-state index contributed by atoms with van der Waals surface area (Å²) in [7, 11) is 3.04. The summed E-state index contributed by atoms with van der Waals surface area (Å²) in [6, 6.07) is 13.0. The number of ether oxygens (including phenoxy) is 3. The van der Waals surface area contributed by atoms with Crippen LogP contribution in [0.4, 0.5) is 5.13 Å². The van der Waals surface area contributed by atoms with Crippen molar-refractivity contribution in [2.45, 2.75) is 6.61 Å². The van der Waals surface area contributed by atoms with E-state index in [-0.39, 0.29) is 5.91 Å². The number of carbonyl (C=O) groups is 1. The van der Waals surface area contributed by atoms with Crippen LogP contribution < -0.4 is 19.5 Å². The van der Waals surface area contributed by atoms with Crippen LogP contribution in [-0.2, 0) is 6.61 Å². The Hall–Kier alpha value is -3.06. The molecule has 2 aromatic carbocycles. The maximum Gasteiger partial charge on any atom is 0.257 e. The molecule has 0 fully saturated rings. The number of rotatable bonds is 7. The Morgan fingerprint density at radius 2 is 1.81 bits per heavy atom. The third kappa shape index (κ3) is 4.12. The average Bonchev–Trinajstić information content (AvgIpc) is 3.19. The number of methoxy groups -OCH3 is 2. The Bertz CT molecular complexity index is 842. The Balaban J connectivity index is 1.84. The lowest BCUT2D eigenvalue weighted by atomic mass is 10.1. The molecule has 0 unspecified atom stereocenters. The SMILES string of the molecule is COc1cc(C(=O)Nc2nccs2)cc(OC)c1OCc1ccccc1. The van der Waals surface area contributed by atoms with Gasteiger partial charge in [-0.3, -0.25) is 10.1 Å². The Kier molecular flexibility index (Phi) is 5.70. The summed E-state index contributed by atoms with van der Waals surface area (Å²) in [5, 5.41) is 5.05. The van der Waals surface area contributed by atoms with E-state index in [4.69, 9.17) is 14.2 Å². The van der Waals surface area contributed by atoms with Crippen molar-refractivity contribution >= 4 is 22.4 Å². The lowest BCUT2D eigenvalue weighted by Crippen LogP contribution is -2.12. The monoisotopic (exact) mass is 370 g/mol. The molecule has 7 heteroatoms. The minimum atomic E-state index is -0.300. The highest BCUT2D eigenvalue weighted by Crippen LogP contribution is 2.39. The van der Waals surface area contributed by atoms with Crippen LogP contribution in [0.5, 0.6) is 17.2 Å². The van der Waals surface area contributed by atoms with E-state index in [2.05, 4.69) is 10.3 Å². The summed E-state index contributed by atoms with van der Waals surface area (Å²) in [6.45, 7) is 0.359. The summed E-state index contributed by atoms with van der Waals surface area (Å²) in [6.07, 6.45) is 1.63. The molecule has 0 aliphatic carbocycles. The molecule has 0 aliphatic rings. The molecule has 3 rings (SSSR count). The lowest BCUT2D eigenvalue weighted by Gasteiger charge is -2.16. The van der Waals surface area contributed by atoms with Gasteiger partial charge in [0.25, 0.3) is 5.91 Å². The third-order valence-electron chi connectivity index (χ3n) is 3.60. The standard InChI is InChI=1S/C19H18N2O4S/c1-23-15-10-14(18(22)21-19-20-8-9-26-19)11-16(24-2)17(15)25-12-13-6-4-3-5-7-13/h3-11H,12H2,1-2H3,(H,20,21,22). The fourth-order valence-corrected chi connectivity index (χ4v) is 2.86. The van der Waals surface area contributed by atoms with Crippen molar-refractivity contribution in [3.63, 3.8) is 0 Å². The number of amides is 1. The van der Waals surface area contributed by atoms with Crippen molar-refractivity contribution in [3.8, 4) is 17.2 Å². The first-order valence-electron chi connectivity index (χ1n) is 7.85. The molecule has 1 N–H and O–H groups in total. The largest absolute Gasteiger partial charge is 0.493 e. The van der Waals surface area contributed by atoms with Gasteiger partial charge >= 0.3 is 0 Å². The first-order valence-corrected chi connectivity index (χ1v) is 8.73. The fourth-order valence-electron chi connectivity index (χ4n) is 2.34. The van der Waals surface area contributed by atoms with E-state index >= 15 is 0 Å². The second-order valence-corrected chi connectivity index (χ2v) is 6.17. The number of carbonyl (C=O) groups excluding carboxylic acids is 1. The predicted molar refractivity (Wildman–Crippen MR) is 100 cm³/mol. The van der Waals surface area contributed by atoms with E-state index in [0.717, 1.165) is 5.56 Å². The molecular weight excluding hydrogens is 352 g/mol. The van der Waals surface area contributed by atoms with E-state index in [1.807, 2.05) is 30.3 Å². The topological polar surface area (TPSA) is 69.7 Å². The number of nitrogens with zero attached hydrogens (tertiary/aromatic N) is 1. The van der Waals surface area contributed by atoms with Gasteiger partial charge in [-0.05, 0) is 17.7 Å². The molecule has 6 nitrogen and oxygen atoms in total. The van der Waals surface area contributed by atoms with Gasteiger partial charge in [0.1, 0.15) is 6.61 Å². The van der Waals surface area contributed by atoms with Crippen LogP contribution in [0, 0.1) is 0 Å². The summed E-state index contributed by atoms with van der Waals surface area (Å²) >= 11 is 1.34. The zero-order valence-electron chi connectivity index (χ0n) is 14.4. The molecule has 0 bridgehead atoms. The van der Waals surface area contributed by atoms with Crippen molar-refractivity contribution in [3.05, 3.63) is 65.2 Å². The molecule has 0 saturated carbocycles. The van der Waals surface area contributed by atoms with Crippen LogP contribution in [0.1, 0.15) is 15.9 Å². The zero-order chi connectivity index (χ0) is 18.4. The van der Waals surface area contributed by atoms with Gasteiger partial charge in [0.2, 0.25) is 5.75 Å². The van der Waals surface area contributed by atoms with Gasteiger partial charge in [-0.1, -0.05) is 30.3 Å². The van der Waals surface area contributed by atoms with Crippen LogP contribution in [0.25, 0.3) is 0 Å². The van der Waals surface area contributed by atoms with Crippen LogP contribution in [0.2, 0.25) is 0 Å². The molecule has 0 radical (unpaired) electrons. The Morgan fingerprint density at radius 1 is 1.12 bits per heavy atom. The van der Waals surface area contributed by atoms with Crippen LogP contribution >= 0.6 is 11.3 Å². The highest BCUT2D eigenvalue weighted by molar-refractivity contribution is 7.13. The second-order valence-electron chi connectivity index (χ2n) is 5.28. The van der Waals surface area contributed by atoms with E-state index in [0.29, 0.717) is 34.6 Å². The number of thiazole rings is 1. The molecule has 0 atom stereocenters. The molecule has 1 heterocycles. The van der Waals surface area contributed by atoms with E-state index < -0.39 is 0 Å². The van der Waals surface area contributed by atoms with Gasteiger partial charge in [0.05, 0.1) is 14.2 Å². The summed E-state index contributed by atoms with van der Waals surface area (Å²) in [4.78, 5) is 16.5. The average molecular weight is 370 g/mol. The molecule has 0 spiro atoms. The summed E-state index contributed by atoms with van der Waals surface area (Å²) < 4.78 is 16.7. The van der Waals surface area contributed by atoms with Gasteiger partial charge in [0, 0.05) is 17.1 Å². The summed E-state index contributed by atoms with van der Waals surface area (Å²) in [5.74, 6) is 0.991. The van der Waals surface area contributed by atoms with Crippen molar-refractivity contribution in [1.82, 2.24) is 4.98 Å². The lowest BCUT2D eigenvalue weighted by molar-refractivity contribution is 0.102. The Morgan fingerprint density at radius 3 is 2.38 bits per heavy atom. The molecule has 1 aromatic heterocycles. The van der Waals surface area contributed by atoms with E-state index in [1.54, 1.807) is 23.7 Å². The van der Waals surface area contributed by atoms with E-state index in [9.17, 15) is 4.79 Å². The number of nitrogens with one attached hydrogen (secondary N) is 1. The minimum Gasteiger partial charge on any atom is -0.493 e. The minimum absolute atomic E-state index is 0.300. The second kappa shape index (κ2) is 8.35. The maximum absolute atomic E-state index is 12.4. The number of aromatic nitrogens is 1. The van der Waals surface area contributed by atoms with Gasteiger partial charge in [-0.25, -0.2) is 4.98 Å². The number of hydrogen-bond acceptors (Lipinski definition) is 6. The molecular formula is C19H18N2O4S. The molecule has 26 heavy (non-hydrogen) atoms. The van der Waals surface area contributed by atoms with Gasteiger partial charge in [-0.15, -0.1) is 11.3 Å². The van der Waals surface area contributed by atoms with Gasteiger partial charge < -0.3 is 14.2 Å². The summed E-state index contributed by atoms with van der Waals surface area (Å²) in [5.41, 5.74) is 1.41. The molecule has 134 valence electrons. The molecule has 0 saturated heterocycles. The van der Waals surface area contributed by atoms with Gasteiger partial charge in [0.15, 0.2) is 16.6 Å². The number of hydrogen-bond donors (Lipinski definition) is 1. The molecule has 1 amide bonds. The quantitative estimate of drug-likeness (QED) is 0.681. The zero-order valence-corrected chi connectivity index (χ0v) is 15.2. The predicted octanol–water partition coefficient (Wildman–Crippen LogP) is 3.99. The Labute approximate surface area is 155 Å². The number of benzene rings is 2. The van der Waals surface area contributed by atoms with Crippen LogP contribution in [-0.4, -0.2) is 25.1 Å². The third-order valence-corrected chi connectivity index (χ3v) is 4.29. The first kappa shape index (κ1) is 17.8. The van der Waals surface area contributed by atoms with Crippen molar-refractivity contribution < 1.29 is 19.0 Å². The maximum atomic E-state index is 12.4. The van der Waals surface area contributed by atoms with Crippen molar-refractivity contribution in [2.24, 2.45) is 0 Å². The highest BCUT2D eigenvalue weighted by atomic mass is 32.1. The van der Waals surface area contributed by atoms with Crippen LogP contribution in [0.3, 0.4) is 0 Å². The van der Waals surface area contributed by atoms with Crippen LogP contribution in [0.15, 0.2) is 54.0 Å². The van der Waals surface area contributed by atoms with Gasteiger partial charge in [-0.2, -0.15) is 0 Å². The van der Waals surface area contributed by atoms with Crippen molar-refractivity contribution in [1.29, 1.82) is 0 Å². The fraction of sp³-hybridized carbons (Fsp3) is 0.158. The molecule has 0 aliphatic heterocycles. The molecule has 3 aromatic rings. The first-order chi connectivity index (χ1) is 12.7. The van der Waals surface area contributed by atoms with Crippen molar-refractivity contribution in [2.75, 3.05) is 19.5 Å². The smallest absolute Gasteiger partial charge is 0.257 e.